The van der Waals surface area contributed by atoms with E-state index in [0.29, 0.717) is 5.92 Å². The second-order valence-corrected chi connectivity index (χ2v) is 12.3. The monoisotopic (exact) mass is 382 g/mol. The second-order valence-electron chi connectivity index (χ2n) is 8.69. The third-order valence-electron chi connectivity index (χ3n) is 7.10. The minimum atomic E-state index is -0.712. The Morgan fingerprint density at radius 1 is 0.923 bits per heavy atom. The molecule has 2 aliphatic rings. The van der Waals surface area contributed by atoms with Crippen molar-refractivity contribution in [3.05, 3.63) is 34.9 Å². The molecule has 0 amide bonds. The molecule has 1 aliphatic carbocycles. The van der Waals surface area contributed by atoms with Crippen LogP contribution in [0.5, 0.6) is 0 Å². The van der Waals surface area contributed by atoms with Gasteiger partial charge in [0.05, 0.1) is 6.67 Å². The standard InChI is InChI=1S/C22H33F3Si/c1-16-21(24)14-19(15-22(16)25)18-9-12-26(13-10-18)20-7-5-17(6-8-20)4-2-3-11-23/h14-15,17-18,20,26H,2-13H2,1H3. The average molecular weight is 383 g/mol. The number of hydrogen-bond donors (Lipinski definition) is 0. The van der Waals surface area contributed by atoms with Crippen molar-refractivity contribution in [1.29, 1.82) is 0 Å². The third kappa shape index (κ3) is 4.93. The summed E-state index contributed by atoms with van der Waals surface area (Å²) < 4.78 is 40.0. The average Bonchev–Trinajstić information content (AvgIpc) is 2.67. The molecule has 1 aliphatic heterocycles. The van der Waals surface area contributed by atoms with Crippen LogP contribution in [0, 0.1) is 24.5 Å². The maximum atomic E-state index is 13.9. The first-order valence-corrected chi connectivity index (χ1v) is 12.9. The van der Waals surface area contributed by atoms with Gasteiger partial charge in [-0.1, -0.05) is 50.6 Å². The van der Waals surface area contributed by atoms with E-state index in [4.69, 9.17) is 0 Å². The molecule has 0 unspecified atom stereocenters. The van der Waals surface area contributed by atoms with E-state index < -0.39 is 20.4 Å². The zero-order valence-electron chi connectivity index (χ0n) is 16.1. The van der Waals surface area contributed by atoms with Gasteiger partial charge in [-0.3, -0.25) is 4.39 Å². The molecular formula is C22H33F3Si. The number of alkyl halides is 1. The maximum absolute atomic E-state index is 13.9. The Labute approximate surface area is 158 Å². The molecule has 26 heavy (non-hydrogen) atoms. The largest absolute Gasteiger partial charge is 0.251 e. The lowest BCUT2D eigenvalue weighted by molar-refractivity contribution is 0.318. The minimum Gasteiger partial charge on any atom is -0.251 e. The molecule has 0 atom stereocenters. The molecule has 0 radical (unpaired) electrons. The van der Waals surface area contributed by atoms with Crippen molar-refractivity contribution in [2.75, 3.05) is 6.67 Å². The highest BCUT2D eigenvalue weighted by Gasteiger charge is 2.32. The van der Waals surface area contributed by atoms with Gasteiger partial charge in [0.25, 0.3) is 0 Å². The van der Waals surface area contributed by atoms with E-state index in [-0.39, 0.29) is 12.2 Å². The topological polar surface area (TPSA) is 0 Å². The molecule has 0 aromatic heterocycles. The van der Waals surface area contributed by atoms with Crippen molar-refractivity contribution < 1.29 is 13.2 Å². The zero-order chi connectivity index (χ0) is 18.5. The fourth-order valence-electron chi connectivity index (χ4n) is 5.30. The molecule has 0 N–H and O–H groups in total. The van der Waals surface area contributed by atoms with Crippen LogP contribution in [0.4, 0.5) is 13.2 Å². The van der Waals surface area contributed by atoms with E-state index in [9.17, 15) is 13.2 Å². The summed E-state index contributed by atoms with van der Waals surface area (Å²) in [6.07, 6.45) is 10.7. The summed E-state index contributed by atoms with van der Waals surface area (Å²) in [5.41, 5.74) is 1.98. The summed E-state index contributed by atoms with van der Waals surface area (Å²) >= 11 is 0. The quantitative estimate of drug-likeness (QED) is 0.364. The number of rotatable bonds is 6. The highest BCUT2D eigenvalue weighted by molar-refractivity contribution is 6.60. The van der Waals surface area contributed by atoms with Crippen LogP contribution in [0.25, 0.3) is 0 Å². The van der Waals surface area contributed by atoms with Crippen LogP contribution in [0.2, 0.25) is 17.6 Å². The molecule has 3 rings (SSSR count). The predicted octanol–water partition coefficient (Wildman–Crippen LogP) is 7.08. The van der Waals surface area contributed by atoms with Gasteiger partial charge < -0.3 is 0 Å². The number of benzene rings is 1. The molecule has 1 saturated carbocycles. The minimum absolute atomic E-state index is 0.139. The highest BCUT2D eigenvalue weighted by atomic mass is 28.3. The van der Waals surface area contributed by atoms with Crippen molar-refractivity contribution in [3.8, 4) is 0 Å². The van der Waals surface area contributed by atoms with Gasteiger partial charge in [-0.2, -0.15) is 0 Å². The molecule has 1 saturated heterocycles. The lowest BCUT2D eigenvalue weighted by atomic mass is 9.85. The fourth-order valence-corrected chi connectivity index (χ4v) is 9.52. The smallest absolute Gasteiger partial charge is 0.129 e. The molecule has 2 fully saturated rings. The van der Waals surface area contributed by atoms with Crippen LogP contribution in [-0.2, 0) is 0 Å². The molecule has 1 aromatic rings. The molecule has 0 nitrogen and oxygen atoms in total. The number of unbranched alkanes of at least 4 members (excludes halogenated alkanes) is 1. The van der Waals surface area contributed by atoms with Gasteiger partial charge in [0.15, 0.2) is 0 Å². The number of halogens is 3. The highest BCUT2D eigenvalue weighted by Crippen LogP contribution is 2.44. The lowest BCUT2D eigenvalue weighted by Gasteiger charge is -2.37. The van der Waals surface area contributed by atoms with Crippen LogP contribution in [0.1, 0.15) is 74.8 Å². The van der Waals surface area contributed by atoms with Crippen molar-refractivity contribution in [2.24, 2.45) is 5.92 Å². The van der Waals surface area contributed by atoms with Crippen molar-refractivity contribution in [2.45, 2.75) is 88.3 Å². The van der Waals surface area contributed by atoms with E-state index in [1.807, 2.05) is 0 Å². The van der Waals surface area contributed by atoms with Crippen LogP contribution in [0.15, 0.2) is 12.1 Å². The van der Waals surface area contributed by atoms with Crippen molar-refractivity contribution >= 4 is 8.80 Å². The van der Waals surface area contributed by atoms with Gasteiger partial charge in [0, 0.05) is 14.4 Å². The van der Waals surface area contributed by atoms with E-state index in [1.165, 1.54) is 51.1 Å². The Balaban J connectivity index is 1.46. The Morgan fingerprint density at radius 2 is 1.54 bits per heavy atom. The van der Waals surface area contributed by atoms with Crippen LogP contribution in [-0.4, -0.2) is 15.5 Å². The summed E-state index contributed by atoms with van der Waals surface area (Å²) in [5, 5.41) is 0. The molecule has 0 bridgehead atoms. The van der Waals surface area contributed by atoms with E-state index >= 15 is 0 Å². The Bertz CT molecular complexity index is 550. The third-order valence-corrected chi connectivity index (χ3v) is 11.3. The number of hydrogen-bond acceptors (Lipinski definition) is 0. The van der Waals surface area contributed by atoms with Crippen LogP contribution < -0.4 is 0 Å². The van der Waals surface area contributed by atoms with Crippen molar-refractivity contribution in [3.63, 3.8) is 0 Å². The van der Waals surface area contributed by atoms with Gasteiger partial charge in [0.1, 0.15) is 11.6 Å². The summed E-state index contributed by atoms with van der Waals surface area (Å²) in [6.45, 7) is 1.34. The molecular weight excluding hydrogens is 349 g/mol. The maximum Gasteiger partial charge on any atom is 0.129 e. The van der Waals surface area contributed by atoms with Crippen molar-refractivity contribution in [1.82, 2.24) is 0 Å². The fraction of sp³-hybridized carbons (Fsp3) is 0.727. The first kappa shape index (κ1) is 20.0. The predicted molar refractivity (Wildman–Crippen MR) is 105 cm³/mol. The molecule has 1 aromatic carbocycles. The Kier molecular flexibility index (Phi) is 7.25. The second kappa shape index (κ2) is 9.43. The van der Waals surface area contributed by atoms with Gasteiger partial charge in [-0.05, 0) is 61.3 Å². The van der Waals surface area contributed by atoms with E-state index in [1.54, 1.807) is 12.1 Å². The van der Waals surface area contributed by atoms with E-state index in [2.05, 4.69) is 0 Å². The summed E-state index contributed by atoms with van der Waals surface area (Å²) in [6, 6.07) is 5.79. The van der Waals surface area contributed by atoms with E-state index in [0.717, 1.165) is 42.7 Å². The van der Waals surface area contributed by atoms with Crippen LogP contribution >= 0.6 is 0 Å². The summed E-state index contributed by atoms with van der Waals surface area (Å²) in [4.78, 5) is 0. The molecule has 0 spiro atoms. The van der Waals surface area contributed by atoms with Gasteiger partial charge in [-0.15, -0.1) is 0 Å². The normalized spacial score (nSPS) is 29.7. The molecule has 146 valence electrons. The van der Waals surface area contributed by atoms with Gasteiger partial charge >= 0.3 is 0 Å². The summed E-state index contributed by atoms with van der Waals surface area (Å²) in [5.74, 6) is 0.387. The van der Waals surface area contributed by atoms with Crippen LogP contribution in [0.3, 0.4) is 0 Å². The molecule has 4 heteroatoms. The Hall–Kier alpha value is -0.773. The zero-order valence-corrected chi connectivity index (χ0v) is 17.2. The van der Waals surface area contributed by atoms with Gasteiger partial charge in [0.2, 0.25) is 0 Å². The first-order chi connectivity index (χ1) is 12.6. The lowest BCUT2D eigenvalue weighted by Crippen LogP contribution is -2.29. The Morgan fingerprint density at radius 3 is 2.12 bits per heavy atom. The molecule has 1 heterocycles. The van der Waals surface area contributed by atoms with Gasteiger partial charge in [-0.25, -0.2) is 8.78 Å². The summed E-state index contributed by atoms with van der Waals surface area (Å²) in [7, 11) is -0.712. The SMILES string of the molecule is Cc1c(F)cc(C2CC[SiH](C3CCC(CCCCF)CC3)CC2)cc1F. The first-order valence-electron chi connectivity index (χ1n) is 10.6.